The molecule has 0 saturated heterocycles. The highest BCUT2D eigenvalue weighted by molar-refractivity contribution is 6.30. The average Bonchev–Trinajstić information content (AvgIpc) is 3.31. The number of aromatic nitrogens is 1. The van der Waals surface area contributed by atoms with Gasteiger partial charge in [0.05, 0.1) is 16.7 Å². The fraction of sp³-hybridized carbons (Fsp3) is 0. The number of hydrogen-bond acceptors (Lipinski definition) is 0. The molecule has 0 bridgehead atoms. The van der Waals surface area contributed by atoms with Gasteiger partial charge in [0, 0.05) is 26.9 Å². The van der Waals surface area contributed by atoms with Crippen LogP contribution in [0.5, 0.6) is 0 Å². The fourth-order valence-corrected chi connectivity index (χ4v) is 5.67. The summed E-state index contributed by atoms with van der Waals surface area (Å²) in [6.07, 6.45) is 0. The molecule has 0 fully saturated rings. The average molecular weight is 480 g/mol. The third-order valence-corrected chi connectivity index (χ3v) is 7.28. The first-order valence-corrected chi connectivity index (χ1v) is 12.5. The Morgan fingerprint density at radius 3 is 1.64 bits per heavy atom. The number of rotatable bonds is 3. The van der Waals surface area contributed by atoms with Crippen molar-refractivity contribution in [3.05, 3.63) is 138 Å². The number of fused-ring (bicyclic) bond motifs is 6. The van der Waals surface area contributed by atoms with Gasteiger partial charge in [-0.25, -0.2) is 0 Å². The van der Waals surface area contributed by atoms with E-state index in [1.807, 2.05) is 12.1 Å². The first-order valence-electron chi connectivity index (χ1n) is 12.2. The van der Waals surface area contributed by atoms with Gasteiger partial charge in [-0.1, -0.05) is 127 Å². The molecule has 0 radical (unpaired) electrons. The third-order valence-electron chi connectivity index (χ3n) is 7.03. The van der Waals surface area contributed by atoms with Crippen molar-refractivity contribution in [2.24, 2.45) is 0 Å². The normalized spacial score (nSPS) is 11.5. The van der Waals surface area contributed by atoms with E-state index in [4.69, 9.17) is 11.6 Å². The van der Waals surface area contributed by atoms with Crippen LogP contribution in [0.1, 0.15) is 0 Å². The Balaban J connectivity index is 1.82. The van der Waals surface area contributed by atoms with Crippen LogP contribution in [-0.2, 0) is 0 Å². The monoisotopic (exact) mass is 479 g/mol. The SMILES string of the molecule is Clc1ccc(-c2c(-c3ccccc3)c3c4ccccc4c4ccccc4n3c2-c2ccccc2)cc1. The number of nitrogens with zero attached hydrogens (tertiary/aromatic N) is 1. The van der Waals surface area contributed by atoms with E-state index in [9.17, 15) is 0 Å². The molecule has 0 aliphatic carbocycles. The van der Waals surface area contributed by atoms with Crippen LogP contribution in [0.4, 0.5) is 0 Å². The van der Waals surface area contributed by atoms with Crippen molar-refractivity contribution >= 4 is 38.8 Å². The van der Waals surface area contributed by atoms with E-state index < -0.39 is 0 Å². The van der Waals surface area contributed by atoms with E-state index in [2.05, 4.69) is 126 Å². The molecule has 0 N–H and O–H groups in total. The summed E-state index contributed by atoms with van der Waals surface area (Å²) >= 11 is 6.34. The number of para-hydroxylation sites is 1. The van der Waals surface area contributed by atoms with Crippen LogP contribution in [0.15, 0.2) is 133 Å². The molecule has 0 atom stereocenters. The van der Waals surface area contributed by atoms with Gasteiger partial charge in [0.2, 0.25) is 0 Å². The first kappa shape index (κ1) is 21.0. The minimum absolute atomic E-state index is 0.737. The Labute approximate surface area is 214 Å². The van der Waals surface area contributed by atoms with Crippen LogP contribution in [-0.4, -0.2) is 4.40 Å². The van der Waals surface area contributed by atoms with Crippen LogP contribution >= 0.6 is 11.6 Å². The van der Waals surface area contributed by atoms with Gasteiger partial charge in [0.1, 0.15) is 0 Å². The summed E-state index contributed by atoms with van der Waals surface area (Å²) in [7, 11) is 0. The van der Waals surface area contributed by atoms with Crippen molar-refractivity contribution in [3.63, 3.8) is 0 Å². The van der Waals surface area contributed by atoms with Crippen LogP contribution in [0, 0.1) is 0 Å². The Hall–Kier alpha value is -4.33. The standard InChI is InChI=1S/C34H22ClN/c35-26-21-19-24(20-22-26)31-32(23-11-3-1-4-12-23)34-29-17-8-7-15-27(29)28-16-9-10-18-30(28)36(34)33(31)25-13-5-2-6-14-25/h1-22H. The Morgan fingerprint density at radius 1 is 0.417 bits per heavy atom. The molecule has 0 saturated carbocycles. The van der Waals surface area contributed by atoms with Crippen LogP contribution in [0.25, 0.3) is 60.7 Å². The lowest BCUT2D eigenvalue weighted by Gasteiger charge is -2.13. The molecule has 2 heteroatoms. The van der Waals surface area contributed by atoms with Gasteiger partial charge < -0.3 is 4.40 Å². The topological polar surface area (TPSA) is 4.41 Å². The lowest BCUT2D eigenvalue weighted by Crippen LogP contribution is -1.94. The minimum atomic E-state index is 0.737. The first-order chi connectivity index (χ1) is 17.8. The molecule has 0 spiro atoms. The molecule has 0 aliphatic heterocycles. The van der Waals surface area contributed by atoms with E-state index in [1.165, 1.54) is 55.1 Å². The van der Waals surface area contributed by atoms with Gasteiger partial charge in [0.15, 0.2) is 0 Å². The van der Waals surface area contributed by atoms with Gasteiger partial charge in [-0.05, 0) is 40.3 Å². The highest BCUT2D eigenvalue weighted by Gasteiger charge is 2.25. The van der Waals surface area contributed by atoms with Crippen LogP contribution in [0.3, 0.4) is 0 Å². The molecule has 0 unspecified atom stereocenters. The molecular weight excluding hydrogens is 458 g/mol. The molecule has 36 heavy (non-hydrogen) atoms. The number of benzene rings is 5. The van der Waals surface area contributed by atoms with Crippen molar-refractivity contribution < 1.29 is 0 Å². The Morgan fingerprint density at radius 2 is 0.944 bits per heavy atom. The van der Waals surface area contributed by atoms with Gasteiger partial charge in [-0.2, -0.15) is 0 Å². The molecule has 2 heterocycles. The number of hydrogen-bond donors (Lipinski definition) is 0. The highest BCUT2D eigenvalue weighted by atomic mass is 35.5. The van der Waals surface area contributed by atoms with Gasteiger partial charge >= 0.3 is 0 Å². The van der Waals surface area contributed by atoms with Crippen LogP contribution in [0.2, 0.25) is 5.02 Å². The zero-order valence-corrected chi connectivity index (χ0v) is 20.3. The molecule has 2 aromatic heterocycles. The van der Waals surface area contributed by atoms with Crippen molar-refractivity contribution in [2.45, 2.75) is 0 Å². The molecule has 7 aromatic rings. The summed E-state index contributed by atoms with van der Waals surface area (Å²) in [6.45, 7) is 0. The van der Waals surface area contributed by atoms with Gasteiger partial charge in [-0.3, -0.25) is 0 Å². The number of pyridine rings is 1. The molecule has 0 aliphatic rings. The molecule has 0 amide bonds. The molecule has 7 rings (SSSR count). The summed E-state index contributed by atoms with van der Waals surface area (Å²) in [5, 5.41) is 4.49. The molecule has 170 valence electrons. The lowest BCUT2D eigenvalue weighted by atomic mass is 9.92. The quantitative estimate of drug-likeness (QED) is 0.222. The highest BCUT2D eigenvalue weighted by Crippen LogP contribution is 2.48. The van der Waals surface area contributed by atoms with Crippen molar-refractivity contribution in [1.29, 1.82) is 0 Å². The third kappa shape index (κ3) is 3.17. The van der Waals surface area contributed by atoms with Gasteiger partial charge in [0.25, 0.3) is 0 Å². The maximum Gasteiger partial charge on any atom is 0.0626 e. The Kier molecular flexibility index (Phi) is 4.90. The summed E-state index contributed by atoms with van der Waals surface area (Å²) < 4.78 is 2.47. The second kappa shape index (κ2) is 8.41. The molecule has 1 nitrogen and oxygen atoms in total. The zero-order chi connectivity index (χ0) is 24.1. The van der Waals surface area contributed by atoms with E-state index >= 15 is 0 Å². The lowest BCUT2D eigenvalue weighted by molar-refractivity contribution is 1.28. The maximum absolute atomic E-state index is 6.34. The largest absolute Gasteiger partial charge is 0.307 e. The molecular formula is C34H22ClN. The summed E-state index contributed by atoms with van der Waals surface area (Å²) in [5.41, 5.74) is 9.58. The maximum atomic E-state index is 6.34. The van der Waals surface area contributed by atoms with E-state index in [0.29, 0.717) is 0 Å². The predicted molar refractivity (Wildman–Crippen MR) is 154 cm³/mol. The van der Waals surface area contributed by atoms with Crippen molar-refractivity contribution in [3.8, 4) is 33.5 Å². The summed E-state index contributed by atoms with van der Waals surface area (Å²) in [6, 6.07) is 47.2. The van der Waals surface area contributed by atoms with Gasteiger partial charge in [-0.15, -0.1) is 0 Å². The minimum Gasteiger partial charge on any atom is -0.307 e. The number of halogens is 1. The van der Waals surface area contributed by atoms with Crippen molar-refractivity contribution in [2.75, 3.05) is 0 Å². The zero-order valence-electron chi connectivity index (χ0n) is 19.5. The summed E-state index contributed by atoms with van der Waals surface area (Å²) in [4.78, 5) is 0. The van der Waals surface area contributed by atoms with E-state index in [1.54, 1.807) is 0 Å². The van der Waals surface area contributed by atoms with E-state index in [0.717, 1.165) is 10.6 Å². The molecule has 5 aromatic carbocycles. The Bertz CT molecular complexity index is 1750. The fourth-order valence-electron chi connectivity index (χ4n) is 5.54. The van der Waals surface area contributed by atoms with Crippen molar-refractivity contribution in [1.82, 2.24) is 4.40 Å². The van der Waals surface area contributed by atoms with Crippen LogP contribution < -0.4 is 0 Å². The van der Waals surface area contributed by atoms with E-state index in [-0.39, 0.29) is 0 Å². The second-order valence-electron chi connectivity index (χ2n) is 9.08. The smallest absolute Gasteiger partial charge is 0.0626 e. The summed E-state index contributed by atoms with van der Waals surface area (Å²) in [5.74, 6) is 0. The predicted octanol–water partition coefficient (Wildman–Crippen LogP) is 9.90. The second-order valence-corrected chi connectivity index (χ2v) is 9.52.